The summed E-state index contributed by atoms with van der Waals surface area (Å²) in [5.41, 5.74) is 1.50. The topological polar surface area (TPSA) is 86.6 Å². The van der Waals surface area contributed by atoms with Crippen molar-refractivity contribution in [2.45, 2.75) is 19.4 Å². The first-order valence-electron chi connectivity index (χ1n) is 5.37. The van der Waals surface area contributed by atoms with Crippen LogP contribution >= 0.6 is 15.9 Å². The number of nitrogens with one attached hydrogen (secondary N) is 1. The third-order valence-corrected chi connectivity index (χ3v) is 3.01. The van der Waals surface area contributed by atoms with Crippen LogP contribution in [-0.2, 0) is 4.79 Å². The minimum absolute atomic E-state index is 0.0233. The Kier molecular flexibility index (Phi) is 5.30. The molecule has 0 spiro atoms. The van der Waals surface area contributed by atoms with Crippen molar-refractivity contribution < 1.29 is 19.8 Å². The van der Waals surface area contributed by atoms with Gasteiger partial charge in [0.25, 0.3) is 5.91 Å². The summed E-state index contributed by atoms with van der Waals surface area (Å²) >= 11 is 3.29. The van der Waals surface area contributed by atoms with Crippen LogP contribution in [0.5, 0.6) is 0 Å². The maximum atomic E-state index is 11.8. The largest absolute Gasteiger partial charge is 0.479 e. The van der Waals surface area contributed by atoms with E-state index in [-0.39, 0.29) is 18.9 Å². The van der Waals surface area contributed by atoms with Gasteiger partial charge in [0, 0.05) is 17.4 Å². The molecule has 1 amide bonds. The van der Waals surface area contributed by atoms with Crippen molar-refractivity contribution in [2.24, 2.45) is 0 Å². The summed E-state index contributed by atoms with van der Waals surface area (Å²) in [6.07, 6.45) is -1.48. The molecular formula is C12H14BrNO4. The number of aliphatic hydroxyl groups is 1. The number of aliphatic carboxylic acids is 1. The Bertz CT molecular complexity index is 461. The first-order chi connectivity index (χ1) is 8.41. The van der Waals surface area contributed by atoms with Gasteiger partial charge in [0.2, 0.25) is 0 Å². The Balaban J connectivity index is 2.53. The molecule has 0 heterocycles. The Labute approximate surface area is 113 Å². The Morgan fingerprint density at radius 3 is 2.67 bits per heavy atom. The van der Waals surface area contributed by atoms with Gasteiger partial charge in [-0.2, -0.15) is 0 Å². The number of aryl methyl sites for hydroxylation is 1. The second-order valence-electron chi connectivity index (χ2n) is 3.88. The number of rotatable bonds is 5. The molecule has 98 valence electrons. The molecule has 1 atom stereocenters. The number of hydrogen-bond acceptors (Lipinski definition) is 3. The van der Waals surface area contributed by atoms with Crippen LogP contribution in [0.2, 0.25) is 0 Å². The first kappa shape index (κ1) is 14.7. The van der Waals surface area contributed by atoms with Crippen LogP contribution < -0.4 is 5.32 Å². The maximum absolute atomic E-state index is 11.8. The molecule has 1 aromatic rings. The highest BCUT2D eigenvalue weighted by atomic mass is 79.9. The van der Waals surface area contributed by atoms with Gasteiger partial charge in [0.15, 0.2) is 6.10 Å². The summed E-state index contributed by atoms with van der Waals surface area (Å²) in [5, 5.41) is 20.1. The summed E-state index contributed by atoms with van der Waals surface area (Å²) in [5.74, 6) is -1.60. The summed E-state index contributed by atoms with van der Waals surface area (Å²) in [6, 6.07) is 5.31. The van der Waals surface area contributed by atoms with Gasteiger partial charge in [0.05, 0.1) is 5.56 Å². The second-order valence-corrected chi connectivity index (χ2v) is 4.74. The van der Waals surface area contributed by atoms with Crippen molar-refractivity contribution in [2.75, 3.05) is 6.54 Å². The number of benzene rings is 1. The molecule has 0 aliphatic heterocycles. The highest BCUT2D eigenvalue weighted by Gasteiger charge is 2.14. The molecule has 6 heteroatoms. The van der Waals surface area contributed by atoms with Crippen LogP contribution in [0.25, 0.3) is 0 Å². The number of carboxylic acids is 1. The van der Waals surface area contributed by atoms with E-state index in [0.717, 1.165) is 5.56 Å². The lowest BCUT2D eigenvalue weighted by molar-refractivity contribution is -0.146. The lowest BCUT2D eigenvalue weighted by atomic mass is 10.1. The van der Waals surface area contributed by atoms with Gasteiger partial charge < -0.3 is 15.5 Å². The molecule has 0 aliphatic rings. The highest BCUT2D eigenvalue weighted by Crippen LogP contribution is 2.18. The van der Waals surface area contributed by atoms with Crippen LogP contribution in [-0.4, -0.2) is 34.7 Å². The number of carbonyl (C=O) groups excluding carboxylic acids is 1. The minimum atomic E-state index is -1.45. The Morgan fingerprint density at radius 1 is 1.44 bits per heavy atom. The molecule has 1 rings (SSSR count). The van der Waals surface area contributed by atoms with E-state index in [1.807, 2.05) is 19.1 Å². The number of aliphatic hydroxyl groups excluding tert-OH is 1. The molecule has 0 aromatic heterocycles. The summed E-state index contributed by atoms with van der Waals surface area (Å²) in [7, 11) is 0. The van der Waals surface area contributed by atoms with Gasteiger partial charge in [0.1, 0.15) is 0 Å². The van der Waals surface area contributed by atoms with Crippen molar-refractivity contribution in [3.8, 4) is 0 Å². The van der Waals surface area contributed by atoms with Gasteiger partial charge in [-0.1, -0.05) is 6.07 Å². The smallest absolute Gasteiger partial charge is 0.332 e. The van der Waals surface area contributed by atoms with E-state index >= 15 is 0 Å². The molecule has 0 saturated heterocycles. The van der Waals surface area contributed by atoms with E-state index in [9.17, 15) is 9.59 Å². The van der Waals surface area contributed by atoms with E-state index in [2.05, 4.69) is 21.2 Å². The quantitative estimate of drug-likeness (QED) is 0.765. The van der Waals surface area contributed by atoms with Crippen molar-refractivity contribution in [3.05, 3.63) is 33.8 Å². The SMILES string of the molecule is Cc1ccc(C(=O)NCC[C@H](O)C(=O)O)c(Br)c1. The van der Waals surface area contributed by atoms with Crippen molar-refractivity contribution in [3.63, 3.8) is 0 Å². The van der Waals surface area contributed by atoms with Gasteiger partial charge in [-0.15, -0.1) is 0 Å². The molecule has 0 radical (unpaired) electrons. The van der Waals surface area contributed by atoms with Crippen molar-refractivity contribution in [1.29, 1.82) is 0 Å². The molecule has 0 bridgehead atoms. The van der Waals surface area contributed by atoms with Gasteiger partial charge >= 0.3 is 5.97 Å². The predicted octanol–water partition coefficient (Wildman–Crippen LogP) is 1.32. The van der Waals surface area contributed by atoms with Crippen LogP contribution in [0.4, 0.5) is 0 Å². The zero-order valence-corrected chi connectivity index (χ0v) is 11.4. The summed E-state index contributed by atoms with van der Waals surface area (Å²) in [4.78, 5) is 22.1. The lowest BCUT2D eigenvalue weighted by Crippen LogP contribution is -2.30. The summed E-state index contributed by atoms with van der Waals surface area (Å²) < 4.78 is 0.679. The predicted molar refractivity (Wildman–Crippen MR) is 69.5 cm³/mol. The molecule has 18 heavy (non-hydrogen) atoms. The third kappa shape index (κ3) is 4.12. The van der Waals surface area contributed by atoms with Crippen LogP contribution in [0.15, 0.2) is 22.7 Å². The minimum Gasteiger partial charge on any atom is -0.479 e. The fourth-order valence-corrected chi connectivity index (χ4v) is 2.02. The zero-order valence-electron chi connectivity index (χ0n) is 9.81. The van der Waals surface area contributed by atoms with E-state index in [0.29, 0.717) is 10.0 Å². The fourth-order valence-electron chi connectivity index (χ4n) is 1.35. The number of carbonyl (C=O) groups is 2. The second kappa shape index (κ2) is 6.51. The standard InChI is InChI=1S/C12H14BrNO4/c1-7-2-3-8(9(13)6-7)11(16)14-5-4-10(15)12(17)18/h2-3,6,10,15H,4-5H2,1H3,(H,14,16)(H,17,18)/t10-/m0/s1. The average Bonchev–Trinajstić information content (AvgIpc) is 2.28. The maximum Gasteiger partial charge on any atom is 0.332 e. The van der Waals surface area contributed by atoms with Crippen LogP contribution in [0.3, 0.4) is 0 Å². The molecule has 0 aliphatic carbocycles. The Hall–Kier alpha value is -1.40. The lowest BCUT2D eigenvalue weighted by Gasteiger charge is -2.09. The van der Waals surface area contributed by atoms with E-state index in [1.165, 1.54) is 0 Å². The number of hydrogen-bond donors (Lipinski definition) is 3. The Morgan fingerprint density at radius 2 is 2.11 bits per heavy atom. The van der Waals surface area contributed by atoms with Gasteiger partial charge in [-0.05, 0) is 40.5 Å². The highest BCUT2D eigenvalue weighted by molar-refractivity contribution is 9.10. The van der Waals surface area contributed by atoms with Crippen molar-refractivity contribution >= 4 is 27.8 Å². The van der Waals surface area contributed by atoms with E-state index in [1.54, 1.807) is 6.07 Å². The number of halogens is 1. The fraction of sp³-hybridized carbons (Fsp3) is 0.333. The zero-order chi connectivity index (χ0) is 13.7. The molecule has 0 unspecified atom stereocenters. The molecule has 3 N–H and O–H groups in total. The number of amides is 1. The van der Waals surface area contributed by atoms with Crippen LogP contribution in [0, 0.1) is 6.92 Å². The molecule has 5 nitrogen and oxygen atoms in total. The molecule has 1 aromatic carbocycles. The van der Waals surface area contributed by atoms with Crippen LogP contribution in [0.1, 0.15) is 22.3 Å². The van der Waals surface area contributed by atoms with Gasteiger partial charge in [-0.25, -0.2) is 4.79 Å². The summed E-state index contributed by atoms with van der Waals surface area (Å²) in [6.45, 7) is 2.02. The monoisotopic (exact) mass is 315 g/mol. The van der Waals surface area contributed by atoms with Crippen molar-refractivity contribution in [1.82, 2.24) is 5.32 Å². The molecule has 0 fully saturated rings. The first-order valence-corrected chi connectivity index (χ1v) is 6.16. The molecule has 0 saturated carbocycles. The van der Waals surface area contributed by atoms with E-state index < -0.39 is 12.1 Å². The van der Waals surface area contributed by atoms with Gasteiger partial charge in [-0.3, -0.25) is 4.79 Å². The van der Waals surface area contributed by atoms with E-state index in [4.69, 9.17) is 10.2 Å². The molecular weight excluding hydrogens is 302 g/mol. The average molecular weight is 316 g/mol. The normalized spacial score (nSPS) is 11.9. The number of carboxylic acid groups (broad SMARTS) is 1. The third-order valence-electron chi connectivity index (χ3n) is 2.36.